The topological polar surface area (TPSA) is 115 Å². The van der Waals surface area contributed by atoms with E-state index in [2.05, 4.69) is 35.5 Å². The van der Waals surface area contributed by atoms with E-state index in [4.69, 9.17) is 0 Å². The van der Waals surface area contributed by atoms with Crippen LogP contribution in [0.25, 0.3) is 0 Å². The van der Waals surface area contributed by atoms with Gasteiger partial charge in [0.05, 0.1) is 12.0 Å². The summed E-state index contributed by atoms with van der Waals surface area (Å²) in [6.07, 6.45) is 2.12. The second-order valence-corrected chi connectivity index (χ2v) is 11.1. The molecule has 8 heteroatoms. The third-order valence-electron chi connectivity index (χ3n) is 7.20. The van der Waals surface area contributed by atoms with Gasteiger partial charge in [0.1, 0.15) is 17.9 Å². The van der Waals surface area contributed by atoms with Crippen molar-refractivity contribution in [2.24, 2.45) is 22.7 Å². The Morgan fingerprint density at radius 2 is 2.12 bits per heavy atom. The van der Waals surface area contributed by atoms with Crippen molar-refractivity contribution in [3.63, 3.8) is 0 Å². The fraction of sp³-hybridized carbons (Fsp3) is 0.625. The van der Waals surface area contributed by atoms with Gasteiger partial charge in [0, 0.05) is 24.7 Å². The highest BCUT2D eigenvalue weighted by atomic mass is 16.2. The van der Waals surface area contributed by atoms with E-state index >= 15 is 0 Å². The van der Waals surface area contributed by atoms with E-state index in [0.29, 0.717) is 24.7 Å². The Bertz CT molecular complexity index is 1010. The SMILES string of the molecule is CC(C)(C)CC(=O)N1C[C@H]2[C@@H]([C@H]1C(=O)NC(C#N)CC1C(=O)Nc3ncccc31)C2(C)C. The Morgan fingerprint density at radius 1 is 1.41 bits per heavy atom. The average Bonchev–Trinajstić information content (AvgIpc) is 3.02. The number of hydrogen-bond acceptors (Lipinski definition) is 5. The standard InChI is InChI=1S/C24H31N5O3/c1-23(2,3)10-17(30)29-12-16-18(24(16,4)5)19(29)22(32)27-13(11-25)9-15-14-7-6-8-26-20(14)28-21(15)31/h6-8,13,15-16,18-19H,9-10,12H2,1-5H3,(H,27,32)(H,26,28,31)/t13?,15?,16-,18-,19-/m0/s1. The zero-order valence-corrected chi connectivity index (χ0v) is 19.3. The first-order valence-electron chi connectivity index (χ1n) is 11.2. The third kappa shape index (κ3) is 3.85. The van der Waals surface area contributed by atoms with Crippen molar-refractivity contribution in [2.45, 2.75) is 65.5 Å². The summed E-state index contributed by atoms with van der Waals surface area (Å²) in [6.45, 7) is 10.8. The molecule has 1 saturated carbocycles. The van der Waals surface area contributed by atoms with Gasteiger partial charge < -0.3 is 15.5 Å². The molecule has 170 valence electrons. The van der Waals surface area contributed by atoms with Crippen molar-refractivity contribution in [1.82, 2.24) is 15.2 Å². The van der Waals surface area contributed by atoms with E-state index in [9.17, 15) is 19.6 Å². The maximum absolute atomic E-state index is 13.4. The highest BCUT2D eigenvalue weighted by molar-refractivity contribution is 6.01. The van der Waals surface area contributed by atoms with E-state index < -0.39 is 18.0 Å². The number of fused-ring (bicyclic) bond motifs is 2. The average molecular weight is 438 g/mol. The van der Waals surface area contributed by atoms with Crippen LogP contribution in [0.3, 0.4) is 0 Å². The van der Waals surface area contributed by atoms with Crippen molar-refractivity contribution < 1.29 is 14.4 Å². The number of rotatable bonds is 5. The predicted octanol–water partition coefficient (Wildman–Crippen LogP) is 2.43. The van der Waals surface area contributed by atoms with Gasteiger partial charge in [-0.05, 0) is 35.2 Å². The number of carbonyl (C=O) groups excluding carboxylic acids is 3. The number of nitrogens with zero attached hydrogens (tertiary/aromatic N) is 3. The summed E-state index contributed by atoms with van der Waals surface area (Å²) in [5, 5.41) is 15.3. The van der Waals surface area contributed by atoms with E-state index in [1.165, 1.54) is 0 Å². The molecule has 0 bridgehead atoms. The van der Waals surface area contributed by atoms with Crippen LogP contribution in [0.2, 0.25) is 0 Å². The molecule has 5 atom stereocenters. The first kappa shape index (κ1) is 22.3. The smallest absolute Gasteiger partial charge is 0.244 e. The zero-order chi connectivity index (χ0) is 23.4. The summed E-state index contributed by atoms with van der Waals surface area (Å²) in [5.74, 6) is -0.212. The maximum atomic E-state index is 13.4. The number of anilines is 1. The second-order valence-electron chi connectivity index (χ2n) is 11.1. The Balaban J connectivity index is 1.49. The summed E-state index contributed by atoms with van der Waals surface area (Å²) in [5.41, 5.74) is 0.559. The molecule has 32 heavy (non-hydrogen) atoms. The number of nitriles is 1. The fourth-order valence-electron chi connectivity index (χ4n) is 5.42. The lowest BCUT2D eigenvalue weighted by atomic mass is 9.90. The van der Waals surface area contributed by atoms with Crippen LogP contribution < -0.4 is 10.6 Å². The molecule has 0 aromatic carbocycles. The van der Waals surface area contributed by atoms with Gasteiger partial charge in [0.2, 0.25) is 17.7 Å². The molecule has 3 aliphatic rings. The maximum Gasteiger partial charge on any atom is 0.244 e. The molecular weight excluding hydrogens is 406 g/mol. The molecule has 0 spiro atoms. The molecule has 1 aromatic heterocycles. The second kappa shape index (κ2) is 7.58. The summed E-state index contributed by atoms with van der Waals surface area (Å²) in [4.78, 5) is 44.6. The van der Waals surface area contributed by atoms with E-state index in [1.54, 1.807) is 17.2 Å². The first-order chi connectivity index (χ1) is 14.9. The highest BCUT2D eigenvalue weighted by Gasteiger charge is 2.69. The minimum absolute atomic E-state index is 0.00138. The van der Waals surface area contributed by atoms with Gasteiger partial charge in [-0.15, -0.1) is 0 Å². The van der Waals surface area contributed by atoms with Gasteiger partial charge >= 0.3 is 0 Å². The molecule has 1 saturated heterocycles. The Hall–Kier alpha value is -2.95. The van der Waals surface area contributed by atoms with Gasteiger partial charge in [0.15, 0.2) is 0 Å². The zero-order valence-electron chi connectivity index (χ0n) is 19.3. The first-order valence-corrected chi connectivity index (χ1v) is 11.2. The number of nitrogens with one attached hydrogen (secondary N) is 2. The molecule has 4 rings (SSSR count). The lowest BCUT2D eigenvalue weighted by molar-refractivity contribution is -0.141. The molecular formula is C24H31N5O3. The van der Waals surface area contributed by atoms with Crippen LogP contribution in [-0.4, -0.2) is 46.2 Å². The van der Waals surface area contributed by atoms with Crippen molar-refractivity contribution in [3.05, 3.63) is 23.9 Å². The quantitative estimate of drug-likeness (QED) is 0.734. The summed E-state index contributed by atoms with van der Waals surface area (Å²) in [7, 11) is 0. The number of amides is 3. The van der Waals surface area contributed by atoms with Crippen LogP contribution in [-0.2, 0) is 14.4 Å². The van der Waals surface area contributed by atoms with E-state index in [-0.39, 0.29) is 40.9 Å². The Labute approximate surface area is 188 Å². The molecule has 2 fully saturated rings. The molecule has 8 nitrogen and oxygen atoms in total. The molecule has 0 radical (unpaired) electrons. The largest absolute Gasteiger partial charge is 0.339 e. The van der Waals surface area contributed by atoms with Crippen molar-refractivity contribution in [3.8, 4) is 6.07 Å². The van der Waals surface area contributed by atoms with Gasteiger partial charge in [-0.25, -0.2) is 4.98 Å². The van der Waals surface area contributed by atoms with Crippen LogP contribution in [0, 0.1) is 34.0 Å². The van der Waals surface area contributed by atoms with Gasteiger partial charge in [0.25, 0.3) is 0 Å². The van der Waals surface area contributed by atoms with Gasteiger partial charge in [-0.3, -0.25) is 14.4 Å². The van der Waals surface area contributed by atoms with Crippen LogP contribution in [0.4, 0.5) is 5.82 Å². The third-order valence-corrected chi connectivity index (χ3v) is 7.20. The molecule has 3 amide bonds. The number of carbonyl (C=O) groups is 3. The highest BCUT2D eigenvalue weighted by Crippen LogP contribution is 2.65. The molecule has 2 unspecified atom stereocenters. The number of hydrogen-bond donors (Lipinski definition) is 2. The predicted molar refractivity (Wildman–Crippen MR) is 118 cm³/mol. The van der Waals surface area contributed by atoms with Crippen LogP contribution in [0.5, 0.6) is 0 Å². The molecule has 1 aliphatic carbocycles. The molecule has 2 aliphatic heterocycles. The van der Waals surface area contributed by atoms with E-state index in [0.717, 1.165) is 5.56 Å². The van der Waals surface area contributed by atoms with Crippen LogP contribution >= 0.6 is 0 Å². The minimum Gasteiger partial charge on any atom is -0.339 e. The normalized spacial score (nSPS) is 28.2. The van der Waals surface area contributed by atoms with Gasteiger partial charge in [-0.2, -0.15) is 5.26 Å². The minimum atomic E-state index is -0.843. The monoisotopic (exact) mass is 437 g/mol. The summed E-state index contributed by atoms with van der Waals surface area (Å²) in [6, 6.07) is 4.27. The lowest BCUT2D eigenvalue weighted by Crippen LogP contribution is -2.52. The Morgan fingerprint density at radius 3 is 2.78 bits per heavy atom. The fourth-order valence-corrected chi connectivity index (χ4v) is 5.42. The number of piperidine rings is 1. The number of aromatic nitrogens is 1. The number of pyridine rings is 1. The molecule has 1 aromatic rings. The number of likely N-dealkylation sites (tertiary alicyclic amines) is 1. The van der Waals surface area contributed by atoms with Crippen LogP contribution in [0.1, 0.15) is 58.9 Å². The van der Waals surface area contributed by atoms with Crippen LogP contribution in [0.15, 0.2) is 18.3 Å². The van der Waals surface area contributed by atoms with Crippen molar-refractivity contribution >= 4 is 23.5 Å². The molecule has 3 heterocycles. The lowest BCUT2D eigenvalue weighted by Gasteiger charge is -2.32. The van der Waals surface area contributed by atoms with Crippen molar-refractivity contribution in [1.29, 1.82) is 5.26 Å². The van der Waals surface area contributed by atoms with E-state index in [1.807, 2.05) is 26.8 Å². The van der Waals surface area contributed by atoms with Gasteiger partial charge in [-0.1, -0.05) is 40.7 Å². The summed E-state index contributed by atoms with van der Waals surface area (Å²) < 4.78 is 0. The summed E-state index contributed by atoms with van der Waals surface area (Å²) >= 11 is 0. The molecule has 2 N–H and O–H groups in total. The Kier molecular flexibility index (Phi) is 5.27. The van der Waals surface area contributed by atoms with Crippen molar-refractivity contribution in [2.75, 3.05) is 11.9 Å².